The van der Waals surface area contributed by atoms with Crippen molar-refractivity contribution in [1.82, 2.24) is 14.8 Å². The predicted octanol–water partition coefficient (Wildman–Crippen LogP) is 0.714. The summed E-state index contributed by atoms with van der Waals surface area (Å²) in [6, 6.07) is 8.19. The summed E-state index contributed by atoms with van der Waals surface area (Å²) < 4.78 is 32.1. The normalized spacial score (nSPS) is 31.2. The van der Waals surface area contributed by atoms with Gasteiger partial charge in [0, 0.05) is 10.6 Å². The van der Waals surface area contributed by atoms with Crippen LogP contribution in [0.3, 0.4) is 0 Å². The van der Waals surface area contributed by atoms with Crippen molar-refractivity contribution in [3.8, 4) is 11.5 Å². The van der Waals surface area contributed by atoms with Crippen LogP contribution in [0.15, 0.2) is 49.1 Å². The van der Waals surface area contributed by atoms with E-state index in [0.29, 0.717) is 11.1 Å². The van der Waals surface area contributed by atoms with Crippen molar-refractivity contribution in [2.75, 3.05) is 0 Å². The molecule has 0 bridgehead atoms. The second kappa shape index (κ2) is 9.52. The molecule has 0 radical (unpaired) electrons. The van der Waals surface area contributed by atoms with Gasteiger partial charge in [-0.05, 0) is 35.9 Å². The summed E-state index contributed by atoms with van der Waals surface area (Å²) in [7, 11) is 0. The van der Waals surface area contributed by atoms with Gasteiger partial charge >= 0.3 is 5.97 Å². The highest BCUT2D eigenvalue weighted by Crippen LogP contribution is 2.60. The number of aromatic hydroxyl groups is 1. The molecule has 14 heteroatoms. The molecule has 0 spiro atoms. The second-order valence-electron chi connectivity index (χ2n) is 8.68. The van der Waals surface area contributed by atoms with Crippen molar-refractivity contribution in [2.45, 2.75) is 49.0 Å². The number of phenolic OH excluding ortho intramolecular Hbond substituents is 1. The van der Waals surface area contributed by atoms with Crippen molar-refractivity contribution < 1.29 is 48.9 Å². The average molecular weight is 538 g/mol. The number of aliphatic hydroxyl groups excluding tert-OH is 3. The Morgan fingerprint density at radius 3 is 2.62 bits per heavy atom. The number of phenols is 1. The van der Waals surface area contributed by atoms with Gasteiger partial charge in [0.25, 0.3) is 0 Å². The highest BCUT2D eigenvalue weighted by Gasteiger charge is 2.60. The summed E-state index contributed by atoms with van der Waals surface area (Å²) in [5.74, 6) is -2.83. The Balaban J connectivity index is 1.45. The molecule has 1 aromatic heterocycles. The zero-order valence-electron chi connectivity index (χ0n) is 18.8. The minimum atomic E-state index is -1.86. The van der Waals surface area contributed by atoms with Crippen LogP contribution in [0.1, 0.15) is 17.2 Å². The number of epoxide rings is 1. The largest absolute Gasteiger partial charge is 0.505 e. The molecule has 3 heterocycles. The summed E-state index contributed by atoms with van der Waals surface area (Å²) in [5.41, 5.74) is -0.248. The Hall–Kier alpha value is -3.33. The van der Waals surface area contributed by atoms with Crippen LogP contribution in [0.2, 0.25) is 5.02 Å². The molecule has 2 aliphatic rings. The standard InChI is InChI=1S/C23H21ClFN3O9/c24-13-3-2-11(35-22-18(32)16(30)17(31)19(36-22)21(33)34)6-12(13)20-23(37-20,7-28-9-26-8-27-28)10-1-4-14(25)15(29)5-10/h1-6,8-9,16-20,22,29-32H,7H2,(H,33,34)/t16-,17-,18+,19-,20?,22+,23?/m0/s1. The van der Waals surface area contributed by atoms with E-state index in [2.05, 4.69) is 10.1 Å². The molecule has 3 aromatic rings. The van der Waals surface area contributed by atoms with Gasteiger partial charge < -0.3 is 39.7 Å². The molecular weight excluding hydrogens is 517 g/mol. The first-order valence-corrected chi connectivity index (χ1v) is 11.4. The fourth-order valence-electron chi connectivity index (χ4n) is 4.33. The van der Waals surface area contributed by atoms with E-state index in [1.165, 1.54) is 47.7 Å². The number of benzene rings is 2. The molecule has 5 N–H and O–H groups in total. The van der Waals surface area contributed by atoms with Gasteiger partial charge in [-0.3, -0.25) is 0 Å². The molecule has 2 unspecified atom stereocenters. The number of hydrogen-bond acceptors (Lipinski definition) is 10. The van der Waals surface area contributed by atoms with Crippen molar-refractivity contribution in [3.05, 3.63) is 71.0 Å². The summed E-state index contributed by atoms with van der Waals surface area (Å²) in [5, 5.41) is 53.7. The Bertz CT molecular complexity index is 1310. The van der Waals surface area contributed by atoms with Crippen LogP contribution < -0.4 is 4.74 Å². The van der Waals surface area contributed by atoms with Crippen LogP contribution in [-0.2, 0) is 26.4 Å². The maximum atomic E-state index is 13.7. The molecule has 7 atom stereocenters. The van der Waals surface area contributed by atoms with Gasteiger partial charge in [0.15, 0.2) is 17.7 Å². The van der Waals surface area contributed by atoms with Crippen LogP contribution >= 0.6 is 11.6 Å². The minimum Gasteiger partial charge on any atom is -0.505 e. The Morgan fingerprint density at radius 2 is 1.95 bits per heavy atom. The number of nitrogens with zero attached hydrogens (tertiary/aromatic N) is 3. The number of hydrogen-bond donors (Lipinski definition) is 5. The van der Waals surface area contributed by atoms with Gasteiger partial charge in [0.1, 0.15) is 48.4 Å². The van der Waals surface area contributed by atoms with Gasteiger partial charge in [0.05, 0.1) is 6.54 Å². The number of aromatic nitrogens is 3. The maximum Gasteiger partial charge on any atom is 0.335 e. The molecule has 196 valence electrons. The van der Waals surface area contributed by atoms with Crippen molar-refractivity contribution in [3.63, 3.8) is 0 Å². The van der Waals surface area contributed by atoms with Gasteiger partial charge in [-0.1, -0.05) is 17.7 Å². The van der Waals surface area contributed by atoms with Gasteiger partial charge in [0.2, 0.25) is 6.29 Å². The summed E-state index contributed by atoms with van der Waals surface area (Å²) in [6.45, 7) is 0.138. The topological polar surface area (TPSA) is 180 Å². The van der Waals surface area contributed by atoms with Crippen molar-refractivity contribution in [2.24, 2.45) is 0 Å². The van der Waals surface area contributed by atoms with Crippen LogP contribution in [0.25, 0.3) is 0 Å². The summed E-state index contributed by atoms with van der Waals surface area (Å²) in [6.07, 6.45) is -6.82. The first-order valence-electron chi connectivity index (χ1n) is 11.0. The molecule has 0 amide bonds. The van der Waals surface area contributed by atoms with Crippen LogP contribution in [0.4, 0.5) is 4.39 Å². The molecule has 0 saturated carbocycles. The lowest BCUT2D eigenvalue weighted by molar-refractivity contribution is -0.271. The van der Waals surface area contributed by atoms with E-state index in [0.717, 1.165) is 6.07 Å². The summed E-state index contributed by atoms with van der Waals surface area (Å²) >= 11 is 6.45. The summed E-state index contributed by atoms with van der Waals surface area (Å²) in [4.78, 5) is 15.3. The van der Waals surface area contributed by atoms with Crippen LogP contribution in [-0.4, -0.2) is 77.0 Å². The van der Waals surface area contributed by atoms with Crippen molar-refractivity contribution in [1.29, 1.82) is 0 Å². The molecule has 37 heavy (non-hydrogen) atoms. The molecule has 2 aromatic carbocycles. The fraction of sp³-hybridized carbons (Fsp3) is 0.348. The van der Waals surface area contributed by atoms with E-state index in [9.17, 15) is 34.7 Å². The van der Waals surface area contributed by atoms with E-state index >= 15 is 0 Å². The number of aliphatic carboxylic acids is 1. The SMILES string of the molecule is O=C(O)[C@H]1O[C@@H](Oc2ccc(Cl)c(C3OC3(Cn3cncn3)c3ccc(F)c(O)c3)c2)[C@H](O)[C@@H](O)[C@@H]1O. The van der Waals surface area contributed by atoms with Crippen molar-refractivity contribution >= 4 is 17.6 Å². The van der Waals surface area contributed by atoms with E-state index in [4.69, 9.17) is 25.8 Å². The second-order valence-corrected chi connectivity index (χ2v) is 9.09. The lowest BCUT2D eigenvalue weighted by Gasteiger charge is -2.38. The maximum absolute atomic E-state index is 13.7. The molecule has 2 saturated heterocycles. The van der Waals surface area contributed by atoms with E-state index in [1.54, 1.807) is 0 Å². The number of aliphatic hydroxyl groups is 3. The van der Waals surface area contributed by atoms with Gasteiger partial charge in [-0.15, -0.1) is 0 Å². The fourth-order valence-corrected chi connectivity index (χ4v) is 4.55. The number of halogens is 2. The number of carboxylic acid groups (broad SMARTS) is 1. The Morgan fingerprint density at radius 1 is 1.16 bits per heavy atom. The van der Waals surface area contributed by atoms with Crippen LogP contribution in [0, 0.1) is 5.82 Å². The predicted molar refractivity (Wildman–Crippen MR) is 120 cm³/mol. The molecule has 2 aliphatic heterocycles. The monoisotopic (exact) mass is 537 g/mol. The third kappa shape index (κ3) is 4.61. The first-order chi connectivity index (χ1) is 17.6. The van der Waals surface area contributed by atoms with E-state index in [-0.39, 0.29) is 17.3 Å². The lowest BCUT2D eigenvalue weighted by atomic mass is 9.91. The smallest absolute Gasteiger partial charge is 0.335 e. The molecule has 2 fully saturated rings. The third-order valence-corrected chi connectivity index (χ3v) is 6.65. The average Bonchev–Trinajstić information content (AvgIpc) is 3.34. The van der Waals surface area contributed by atoms with Crippen LogP contribution in [0.5, 0.6) is 11.5 Å². The highest BCUT2D eigenvalue weighted by atomic mass is 35.5. The van der Waals surface area contributed by atoms with Gasteiger partial charge in [-0.25, -0.2) is 18.9 Å². The Labute approximate surface area is 213 Å². The van der Waals surface area contributed by atoms with Gasteiger partial charge in [-0.2, -0.15) is 5.10 Å². The highest BCUT2D eigenvalue weighted by molar-refractivity contribution is 6.31. The molecule has 5 rings (SSSR count). The molecule has 0 aliphatic carbocycles. The Kier molecular flexibility index (Phi) is 6.52. The zero-order chi connectivity index (χ0) is 26.5. The zero-order valence-corrected chi connectivity index (χ0v) is 19.5. The number of ether oxygens (including phenoxy) is 3. The van der Waals surface area contributed by atoms with E-state index < -0.39 is 59.9 Å². The third-order valence-electron chi connectivity index (χ3n) is 6.31. The number of carboxylic acids is 1. The molecule has 12 nitrogen and oxygen atoms in total. The minimum absolute atomic E-state index is 0.0864. The van der Waals surface area contributed by atoms with E-state index in [1.807, 2.05) is 0 Å². The molecular formula is C23H21ClFN3O9. The lowest BCUT2D eigenvalue weighted by Crippen LogP contribution is -2.61. The quantitative estimate of drug-likeness (QED) is 0.268. The number of carbonyl (C=O) groups is 1. The first kappa shape index (κ1) is 25.3. The number of rotatable bonds is 7.